The Hall–Kier alpha value is -3.33. The Morgan fingerprint density at radius 3 is 2.40 bits per heavy atom. The first-order valence-electron chi connectivity index (χ1n) is 10.2. The first kappa shape index (κ1) is 24.8. The third-order valence-corrected chi connectivity index (χ3v) is 6.06. The van der Waals surface area contributed by atoms with E-state index in [9.17, 15) is 14.4 Å². The number of hydrogen-bond donors (Lipinski definition) is 1. The van der Waals surface area contributed by atoms with Gasteiger partial charge in [-0.05, 0) is 75.6 Å². The molecule has 1 aliphatic heterocycles. The third kappa shape index (κ3) is 5.51. The number of amides is 4. The van der Waals surface area contributed by atoms with E-state index in [4.69, 9.17) is 32.7 Å². The molecule has 0 spiro atoms. The van der Waals surface area contributed by atoms with Crippen molar-refractivity contribution in [1.82, 2.24) is 5.32 Å². The van der Waals surface area contributed by atoms with E-state index in [0.717, 1.165) is 10.5 Å². The number of rotatable bonds is 6. The summed E-state index contributed by atoms with van der Waals surface area (Å²) >= 11 is 15.5. The predicted molar refractivity (Wildman–Crippen MR) is 137 cm³/mol. The van der Waals surface area contributed by atoms with Gasteiger partial charge >= 0.3 is 6.03 Å². The highest BCUT2D eigenvalue weighted by Crippen LogP contribution is 2.38. The van der Waals surface area contributed by atoms with Gasteiger partial charge < -0.3 is 9.47 Å². The Kier molecular flexibility index (Phi) is 7.45. The lowest BCUT2D eigenvalue weighted by Crippen LogP contribution is -2.54. The molecule has 0 aromatic heterocycles. The van der Waals surface area contributed by atoms with E-state index in [1.54, 1.807) is 42.5 Å². The summed E-state index contributed by atoms with van der Waals surface area (Å²) < 4.78 is 11.9. The number of carbonyl (C=O) groups is 3. The Bertz CT molecular complexity index is 1380. The lowest BCUT2D eigenvalue weighted by Gasteiger charge is -2.26. The largest absolute Gasteiger partial charge is 0.493 e. The van der Waals surface area contributed by atoms with Crippen molar-refractivity contribution in [3.8, 4) is 11.5 Å². The maximum absolute atomic E-state index is 13.1. The standard InChI is InChI=1S/C25H17BrCl2N2O5/c1-34-21-11-15(10-20(26)22(21)35-13-14-4-2-5-16(27)8-14)9-19-23(31)29-25(33)30(24(19)32)18-7-3-6-17(28)12-18/h2-12H,13H2,1H3,(H,29,31,33)/b19-9+. The van der Waals surface area contributed by atoms with E-state index < -0.39 is 17.8 Å². The number of nitrogens with one attached hydrogen (secondary N) is 1. The molecule has 1 saturated heterocycles. The van der Waals surface area contributed by atoms with Gasteiger partial charge in [-0.25, -0.2) is 9.69 Å². The summed E-state index contributed by atoms with van der Waals surface area (Å²) in [5.41, 5.74) is 1.35. The second-order valence-corrected chi connectivity index (χ2v) is 9.12. The van der Waals surface area contributed by atoms with Gasteiger partial charge in [0.2, 0.25) is 0 Å². The molecule has 0 bridgehead atoms. The number of hydrogen-bond acceptors (Lipinski definition) is 5. The number of methoxy groups -OCH3 is 1. The number of imide groups is 2. The molecule has 3 aromatic rings. The van der Waals surface area contributed by atoms with Crippen molar-refractivity contribution in [2.45, 2.75) is 6.61 Å². The van der Waals surface area contributed by atoms with Crippen LogP contribution < -0.4 is 19.7 Å². The summed E-state index contributed by atoms with van der Waals surface area (Å²) in [6.07, 6.45) is 1.37. The normalized spacial score (nSPS) is 14.8. The molecule has 0 aliphatic carbocycles. The van der Waals surface area contributed by atoms with Gasteiger partial charge in [0.15, 0.2) is 11.5 Å². The van der Waals surface area contributed by atoms with Crippen LogP contribution >= 0.6 is 39.1 Å². The number of anilines is 1. The van der Waals surface area contributed by atoms with E-state index >= 15 is 0 Å². The Labute approximate surface area is 219 Å². The lowest BCUT2D eigenvalue weighted by atomic mass is 10.1. The lowest BCUT2D eigenvalue weighted by molar-refractivity contribution is -0.122. The molecule has 3 aromatic carbocycles. The molecular weight excluding hydrogens is 559 g/mol. The molecule has 4 amide bonds. The fourth-order valence-corrected chi connectivity index (χ4v) is 4.39. The van der Waals surface area contributed by atoms with Crippen LogP contribution in [0.3, 0.4) is 0 Å². The second-order valence-electron chi connectivity index (χ2n) is 7.39. The van der Waals surface area contributed by atoms with Crippen molar-refractivity contribution in [1.29, 1.82) is 0 Å². The van der Waals surface area contributed by atoms with Crippen LogP contribution in [-0.4, -0.2) is 25.0 Å². The van der Waals surface area contributed by atoms with Crippen molar-refractivity contribution in [3.63, 3.8) is 0 Å². The van der Waals surface area contributed by atoms with Crippen LogP contribution in [0.1, 0.15) is 11.1 Å². The van der Waals surface area contributed by atoms with Gasteiger partial charge in [0.05, 0.1) is 17.3 Å². The van der Waals surface area contributed by atoms with Crippen LogP contribution in [0, 0.1) is 0 Å². The molecule has 0 radical (unpaired) electrons. The summed E-state index contributed by atoms with van der Waals surface area (Å²) in [7, 11) is 1.48. The average molecular weight is 576 g/mol. The first-order chi connectivity index (χ1) is 16.8. The van der Waals surface area contributed by atoms with Gasteiger partial charge in [-0.15, -0.1) is 0 Å². The molecule has 7 nitrogen and oxygen atoms in total. The molecule has 35 heavy (non-hydrogen) atoms. The Morgan fingerprint density at radius 2 is 1.71 bits per heavy atom. The minimum absolute atomic E-state index is 0.230. The molecule has 0 unspecified atom stereocenters. The number of urea groups is 1. The molecule has 0 atom stereocenters. The van der Waals surface area contributed by atoms with Gasteiger partial charge in [0, 0.05) is 10.0 Å². The van der Waals surface area contributed by atoms with E-state index in [2.05, 4.69) is 21.2 Å². The molecular formula is C25H17BrCl2N2O5. The molecule has 178 valence electrons. The van der Waals surface area contributed by atoms with Crippen molar-refractivity contribution in [2.75, 3.05) is 12.0 Å². The molecule has 0 saturated carbocycles. The summed E-state index contributed by atoms with van der Waals surface area (Å²) in [6, 6.07) is 15.9. The molecule has 1 N–H and O–H groups in total. The van der Waals surface area contributed by atoms with Gasteiger partial charge in [-0.1, -0.05) is 41.4 Å². The third-order valence-electron chi connectivity index (χ3n) is 5.00. The highest BCUT2D eigenvalue weighted by Gasteiger charge is 2.37. The van der Waals surface area contributed by atoms with Crippen molar-refractivity contribution >= 4 is 68.7 Å². The highest BCUT2D eigenvalue weighted by atomic mass is 79.9. The van der Waals surface area contributed by atoms with Crippen molar-refractivity contribution in [3.05, 3.63) is 91.9 Å². The fourth-order valence-electron chi connectivity index (χ4n) is 3.42. The van der Waals surface area contributed by atoms with Crippen molar-refractivity contribution in [2.24, 2.45) is 0 Å². The summed E-state index contributed by atoms with van der Waals surface area (Å²) in [5, 5.41) is 3.12. The molecule has 1 fully saturated rings. The van der Waals surface area contributed by atoms with Gasteiger partial charge in [-0.2, -0.15) is 0 Å². The number of halogens is 3. The van der Waals surface area contributed by atoms with Crippen LogP contribution in [0.15, 0.2) is 70.7 Å². The van der Waals surface area contributed by atoms with Gasteiger partial charge in [-0.3, -0.25) is 14.9 Å². The zero-order chi connectivity index (χ0) is 25.1. The average Bonchev–Trinajstić information content (AvgIpc) is 2.80. The minimum atomic E-state index is -0.858. The Balaban J connectivity index is 1.64. The van der Waals surface area contributed by atoms with Crippen LogP contribution in [-0.2, 0) is 16.2 Å². The van der Waals surface area contributed by atoms with Crippen LogP contribution in [0.2, 0.25) is 10.0 Å². The predicted octanol–water partition coefficient (Wildman–Crippen LogP) is 6.01. The maximum Gasteiger partial charge on any atom is 0.335 e. The quantitative estimate of drug-likeness (QED) is 0.287. The first-order valence-corrected chi connectivity index (χ1v) is 11.7. The van der Waals surface area contributed by atoms with Gasteiger partial charge in [0.1, 0.15) is 12.2 Å². The molecule has 1 heterocycles. The second kappa shape index (κ2) is 10.5. The molecule has 4 rings (SSSR count). The fraction of sp³-hybridized carbons (Fsp3) is 0.0800. The maximum atomic E-state index is 13.1. The summed E-state index contributed by atoms with van der Waals surface area (Å²) in [5.74, 6) is -0.781. The highest BCUT2D eigenvalue weighted by molar-refractivity contribution is 9.10. The number of ether oxygens (including phenoxy) is 2. The van der Waals surface area contributed by atoms with Crippen LogP contribution in [0.4, 0.5) is 10.5 Å². The minimum Gasteiger partial charge on any atom is -0.493 e. The summed E-state index contributed by atoms with van der Waals surface area (Å²) in [4.78, 5) is 38.9. The monoisotopic (exact) mass is 574 g/mol. The molecule has 1 aliphatic rings. The van der Waals surface area contributed by atoms with E-state index in [1.165, 1.54) is 19.3 Å². The number of carbonyl (C=O) groups excluding carboxylic acids is 3. The van der Waals surface area contributed by atoms with Crippen LogP contribution in [0.25, 0.3) is 6.08 Å². The van der Waals surface area contributed by atoms with E-state index in [1.807, 2.05) is 12.1 Å². The number of benzene rings is 3. The van der Waals surface area contributed by atoms with E-state index in [0.29, 0.717) is 31.6 Å². The topological polar surface area (TPSA) is 84.9 Å². The zero-order valence-electron chi connectivity index (χ0n) is 18.2. The number of nitrogens with zero attached hydrogens (tertiary/aromatic N) is 1. The zero-order valence-corrected chi connectivity index (χ0v) is 21.3. The Morgan fingerprint density at radius 1 is 1.00 bits per heavy atom. The SMILES string of the molecule is COc1cc(/C=C2\C(=O)NC(=O)N(c3cccc(Cl)c3)C2=O)cc(Br)c1OCc1cccc(Cl)c1. The van der Waals surface area contributed by atoms with Crippen LogP contribution in [0.5, 0.6) is 11.5 Å². The summed E-state index contributed by atoms with van der Waals surface area (Å²) in [6.45, 7) is 0.244. The number of barbiturate groups is 1. The van der Waals surface area contributed by atoms with E-state index in [-0.39, 0.29) is 17.9 Å². The molecule has 10 heteroatoms. The van der Waals surface area contributed by atoms with Gasteiger partial charge in [0.25, 0.3) is 11.8 Å². The smallest absolute Gasteiger partial charge is 0.335 e. The van der Waals surface area contributed by atoms with Crippen molar-refractivity contribution < 1.29 is 23.9 Å².